The number of nitrogens with two attached hydrogens (primary N) is 1. The molecule has 5 heteroatoms. The summed E-state index contributed by atoms with van der Waals surface area (Å²) >= 11 is 0. The van der Waals surface area contributed by atoms with Crippen molar-refractivity contribution in [1.82, 2.24) is 9.88 Å². The molecule has 3 N–H and O–H groups in total. The first-order chi connectivity index (χ1) is 14.9. The van der Waals surface area contributed by atoms with Crippen molar-refractivity contribution in [3.8, 4) is 0 Å². The number of nitrogens with one attached hydrogen (secondary N) is 1. The van der Waals surface area contributed by atoms with Crippen molar-refractivity contribution >= 4 is 16.8 Å². The topological polar surface area (TPSA) is 62.1 Å². The van der Waals surface area contributed by atoms with Gasteiger partial charge in [-0.25, -0.2) is 4.39 Å². The number of fused-ring (bicyclic) bond motifs is 1. The molecule has 0 bridgehead atoms. The third-order valence-electron chi connectivity index (χ3n) is 7.43. The Labute approximate surface area is 183 Å². The van der Waals surface area contributed by atoms with Crippen molar-refractivity contribution in [3.05, 3.63) is 71.7 Å². The average Bonchev–Trinajstić information content (AvgIpc) is 3.18. The number of aromatic nitrogens is 1. The van der Waals surface area contributed by atoms with Crippen LogP contribution < -0.4 is 5.73 Å². The van der Waals surface area contributed by atoms with Gasteiger partial charge >= 0.3 is 0 Å². The molecule has 1 aliphatic rings. The maximum Gasteiger partial charge on any atom is 0.220 e. The fourth-order valence-corrected chi connectivity index (χ4v) is 5.53. The van der Waals surface area contributed by atoms with E-state index in [1.54, 1.807) is 12.1 Å². The van der Waals surface area contributed by atoms with Gasteiger partial charge in [-0.2, -0.15) is 0 Å². The second-order valence-corrected chi connectivity index (χ2v) is 9.18. The molecular weight excluding hydrogens is 389 g/mol. The number of hydrogen-bond acceptors (Lipinski definition) is 2. The van der Waals surface area contributed by atoms with Crippen molar-refractivity contribution in [3.63, 3.8) is 0 Å². The number of nitrogens with zero attached hydrogens (tertiary/aromatic N) is 1. The van der Waals surface area contributed by atoms with Crippen LogP contribution in [0.15, 0.2) is 54.7 Å². The van der Waals surface area contributed by atoms with Gasteiger partial charge in [0.15, 0.2) is 0 Å². The van der Waals surface area contributed by atoms with E-state index in [2.05, 4.69) is 42.3 Å². The highest BCUT2D eigenvalue weighted by molar-refractivity contribution is 5.83. The normalized spacial score (nSPS) is 22.6. The van der Waals surface area contributed by atoms with Gasteiger partial charge in [0.2, 0.25) is 5.91 Å². The Morgan fingerprint density at radius 3 is 2.48 bits per heavy atom. The zero-order valence-corrected chi connectivity index (χ0v) is 18.4. The zero-order chi connectivity index (χ0) is 22.0. The average molecular weight is 422 g/mol. The Morgan fingerprint density at radius 1 is 1.16 bits per heavy atom. The minimum absolute atomic E-state index is 0.122. The summed E-state index contributed by atoms with van der Waals surface area (Å²) in [6.07, 6.45) is 7.42. The van der Waals surface area contributed by atoms with E-state index in [-0.39, 0.29) is 29.1 Å². The Kier molecular flexibility index (Phi) is 6.15. The molecule has 1 saturated carbocycles. The van der Waals surface area contributed by atoms with E-state index in [9.17, 15) is 9.18 Å². The highest BCUT2D eigenvalue weighted by atomic mass is 19.1. The number of halogens is 1. The number of carbonyl (C=O) groups excluding carboxylic acids is 1. The van der Waals surface area contributed by atoms with Crippen molar-refractivity contribution in [1.29, 1.82) is 0 Å². The van der Waals surface area contributed by atoms with Gasteiger partial charge in [-0.3, -0.25) is 9.69 Å². The lowest BCUT2D eigenvalue weighted by Crippen LogP contribution is -2.46. The number of primary amides is 1. The molecule has 164 valence electrons. The van der Waals surface area contributed by atoms with Gasteiger partial charge in [-0.1, -0.05) is 30.3 Å². The van der Waals surface area contributed by atoms with Crippen LogP contribution in [0.5, 0.6) is 0 Å². The van der Waals surface area contributed by atoms with Gasteiger partial charge in [0.05, 0.1) is 0 Å². The first kappa shape index (κ1) is 21.6. The molecule has 0 spiro atoms. The molecule has 1 unspecified atom stereocenters. The number of carbonyl (C=O) groups is 1. The number of para-hydroxylation sites is 1. The van der Waals surface area contributed by atoms with Gasteiger partial charge in [0.25, 0.3) is 0 Å². The number of aromatic amines is 1. The molecule has 0 aliphatic heterocycles. The second-order valence-electron chi connectivity index (χ2n) is 9.18. The smallest absolute Gasteiger partial charge is 0.220 e. The summed E-state index contributed by atoms with van der Waals surface area (Å²) in [6, 6.07) is 15.1. The summed E-state index contributed by atoms with van der Waals surface area (Å²) in [4.78, 5) is 18.0. The van der Waals surface area contributed by atoms with E-state index >= 15 is 0 Å². The molecule has 1 aromatic heterocycles. The second kappa shape index (κ2) is 8.83. The number of hydrogen-bond donors (Lipinski definition) is 2. The molecule has 31 heavy (non-hydrogen) atoms. The summed E-state index contributed by atoms with van der Waals surface area (Å²) in [6.45, 7) is 0. The third kappa shape index (κ3) is 4.24. The summed E-state index contributed by atoms with van der Waals surface area (Å²) < 4.78 is 13.5. The van der Waals surface area contributed by atoms with Gasteiger partial charge in [-0.05, 0) is 87.9 Å². The van der Waals surface area contributed by atoms with Crippen LogP contribution in [0.2, 0.25) is 0 Å². The van der Waals surface area contributed by atoms with Crippen molar-refractivity contribution in [2.45, 2.75) is 44.1 Å². The highest BCUT2D eigenvalue weighted by Crippen LogP contribution is 2.45. The number of rotatable bonds is 7. The first-order valence-corrected chi connectivity index (χ1v) is 11.2. The van der Waals surface area contributed by atoms with Gasteiger partial charge in [0, 0.05) is 28.6 Å². The van der Waals surface area contributed by atoms with Crippen LogP contribution in [-0.4, -0.2) is 29.9 Å². The minimum atomic E-state index is -0.211. The number of amides is 1. The van der Waals surface area contributed by atoms with E-state index < -0.39 is 0 Å². The van der Waals surface area contributed by atoms with Crippen LogP contribution in [0.3, 0.4) is 0 Å². The minimum Gasteiger partial charge on any atom is -0.369 e. The maximum atomic E-state index is 13.5. The predicted molar refractivity (Wildman–Crippen MR) is 123 cm³/mol. The molecular formula is C26H32FN3O. The van der Waals surface area contributed by atoms with Crippen LogP contribution in [0.1, 0.15) is 43.2 Å². The Morgan fingerprint density at radius 2 is 1.84 bits per heavy atom. The summed E-state index contributed by atoms with van der Waals surface area (Å²) in [5.41, 5.74) is 9.27. The number of H-pyrrole nitrogens is 1. The molecule has 1 amide bonds. The van der Waals surface area contributed by atoms with Gasteiger partial charge in [-0.15, -0.1) is 0 Å². The SMILES string of the molecule is CN(C)C1(c2ccc(F)cc2)CCC(C(CCc2c[nH]c3ccccc23)C(N)=O)CC1. The van der Waals surface area contributed by atoms with Crippen LogP contribution >= 0.6 is 0 Å². The first-order valence-electron chi connectivity index (χ1n) is 11.2. The molecule has 3 aromatic rings. The van der Waals surface area contributed by atoms with Gasteiger partial charge in [0.1, 0.15) is 5.82 Å². The molecule has 1 heterocycles. The third-order valence-corrected chi connectivity index (χ3v) is 7.43. The lowest BCUT2D eigenvalue weighted by molar-refractivity contribution is -0.124. The van der Waals surface area contributed by atoms with Crippen molar-refractivity contribution in [2.75, 3.05) is 14.1 Å². The molecule has 0 radical (unpaired) electrons. The Bertz CT molecular complexity index is 1030. The Hall–Kier alpha value is -2.66. The zero-order valence-electron chi connectivity index (χ0n) is 18.4. The summed E-state index contributed by atoms with van der Waals surface area (Å²) in [5.74, 6) is -0.236. The number of benzene rings is 2. The van der Waals surface area contributed by atoms with Crippen LogP contribution in [-0.2, 0) is 16.8 Å². The largest absolute Gasteiger partial charge is 0.369 e. The molecule has 4 nitrogen and oxygen atoms in total. The van der Waals surface area contributed by atoms with E-state index in [1.165, 1.54) is 10.9 Å². The Balaban J connectivity index is 1.47. The van der Waals surface area contributed by atoms with E-state index in [4.69, 9.17) is 5.73 Å². The lowest BCUT2D eigenvalue weighted by Gasteiger charge is -2.46. The molecule has 0 saturated heterocycles. The molecule has 1 atom stereocenters. The number of aryl methyl sites for hydroxylation is 1. The maximum absolute atomic E-state index is 13.5. The lowest BCUT2D eigenvalue weighted by atomic mass is 9.68. The van der Waals surface area contributed by atoms with Gasteiger partial charge < -0.3 is 10.7 Å². The van der Waals surface area contributed by atoms with Crippen LogP contribution in [0, 0.1) is 17.7 Å². The van der Waals surface area contributed by atoms with E-state index in [1.807, 2.05) is 24.3 Å². The monoisotopic (exact) mass is 421 g/mol. The predicted octanol–water partition coefficient (Wildman–Crippen LogP) is 4.99. The highest BCUT2D eigenvalue weighted by Gasteiger charge is 2.41. The van der Waals surface area contributed by atoms with Crippen LogP contribution in [0.4, 0.5) is 4.39 Å². The molecule has 2 aromatic carbocycles. The fraction of sp³-hybridized carbons (Fsp3) is 0.423. The molecule has 1 aliphatic carbocycles. The molecule has 4 rings (SSSR count). The summed E-state index contributed by atoms with van der Waals surface area (Å²) in [7, 11) is 4.18. The standard InChI is InChI=1S/C26H32FN3O/c1-30(2)26(20-8-10-21(27)11-9-20)15-13-18(14-16-26)23(25(28)31)12-7-19-17-29-24-6-4-3-5-22(19)24/h3-6,8-11,17-18,23,29H,7,12-16H2,1-2H3,(H2,28,31). The van der Waals surface area contributed by atoms with Crippen LogP contribution in [0.25, 0.3) is 10.9 Å². The molecule has 1 fully saturated rings. The quantitative estimate of drug-likeness (QED) is 0.565. The van der Waals surface area contributed by atoms with Crippen molar-refractivity contribution < 1.29 is 9.18 Å². The fourth-order valence-electron chi connectivity index (χ4n) is 5.53. The summed E-state index contributed by atoms with van der Waals surface area (Å²) in [5, 5.41) is 1.22. The van der Waals surface area contributed by atoms with E-state index in [0.29, 0.717) is 0 Å². The van der Waals surface area contributed by atoms with Crippen molar-refractivity contribution in [2.24, 2.45) is 17.6 Å². The van der Waals surface area contributed by atoms with E-state index in [0.717, 1.165) is 49.6 Å².